The maximum Gasteiger partial charge on any atom is 0.270 e. The molecule has 1 atom stereocenters. The summed E-state index contributed by atoms with van der Waals surface area (Å²) < 4.78 is 5.67. The number of primary amides is 1. The molecular weight excluding hydrogens is 318 g/mol. The van der Waals surface area contributed by atoms with E-state index in [0.29, 0.717) is 5.69 Å². The molecule has 1 aromatic carbocycles. The van der Waals surface area contributed by atoms with Gasteiger partial charge < -0.3 is 20.4 Å². The van der Waals surface area contributed by atoms with Crippen molar-refractivity contribution in [3.8, 4) is 0 Å². The molecule has 1 saturated carbocycles. The average molecular weight is 341 g/mol. The summed E-state index contributed by atoms with van der Waals surface area (Å²) in [7, 11) is 0. The maximum atomic E-state index is 12.8. The van der Waals surface area contributed by atoms with Gasteiger partial charge in [-0.15, -0.1) is 0 Å². The third kappa shape index (κ3) is 2.91. The van der Waals surface area contributed by atoms with Gasteiger partial charge in [0.15, 0.2) is 0 Å². The number of ether oxygens (including phenoxy) is 1. The Morgan fingerprint density at radius 1 is 1.24 bits per heavy atom. The first-order valence-electron chi connectivity index (χ1n) is 8.84. The fourth-order valence-electron chi connectivity index (χ4n) is 4.20. The molecule has 1 aliphatic carbocycles. The van der Waals surface area contributed by atoms with Gasteiger partial charge in [0, 0.05) is 29.4 Å². The summed E-state index contributed by atoms with van der Waals surface area (Å²) in [6.07, 6.45) is 4.02. The number of nitrogens with zero attached hydrogens (tertiary/aromatic N) is 1. The molecule has 1 spiro atoms. The number of aromatic nitrogens is 1. The van der Waals surface area contributed by atoms with Gasteiger partial charge in [-0.1, -0.05) is 18.2 Å². The monoisotopic (exact) mass is 341 g/mol. The van der Waals surface area contributed by atoms with Gasteiger partial charge in [0.2, 0.25) is 5.91 Å². The molecule has 132 valence electrons. The lowest BCUT2D eigenvalue weighted by Gasteiger charge is -2.53. The van der Waals surface area contributed by atoms with Crippen molar-refractivity contribution in [2.45, 2.75) is 31.8 Å². The van der Waals surface area contributed by atoms with Gasteiger partial charge in [-0.25, -0.2) is 0 Å². The van der Waals surface area contributed by atoms with Crippen LogP contribution in [0.15, 0.2) is 30.3 Å². The number of benzene rings is 1. The molecule has 1 saturated heterocycles. The lowest BCUT2D eigenvalue weighted by Crippen LogP contribution is -2.54. The number of piperidine rings is 1. The van der Waals surface area contributed by atoms with Crippen LogP contribution in [0.25, 0.3) is 10.9 Å². The minimum Gasteiger partial charge on any atom is -0.368 e. The summed E-state index contributed by atoms with van der Waals surface area (Å²) in [4.78, 5) is 28.8. The SMILES string of the molecule is NC(=O)CO[C@H]1CCC12CCN(C(=O)c1cc3ccccc3[nH]1)CC2. The third-order valence-electron chi connectivity index (χ3n) is 5.82. The number of carbonyl (C=O) groups is 2. The quantitative estimate of drug-likeness (QED) is 0.892. The molecule has 1 aromatic heterocycles. The van der Waals surface area contributed by atoms with Crippen LogP contribution >= 0.6 is 0 Å². The first kappa shape index (κ1) is 16.1. The zero-order valence-corrected chi connectivity index (χ0v) is 14.2. The largest absolute Gasteiger partial charge is 0.368 e. The Balaban J connectivity index is 1.40. The lowest BCUT2D eigenvalue weighted by molar-refractivity contribution is -0.149. The summed E-state index contributed by atoms with van der Waals surface area (Å²) in [6, 6.07) is 9.83. The zero-order valence-electron chi connectivity index (χ0n) is 14.2. The van der Waals surface area contributed by atoms with Crippen LogP contribution < -0.4 is 5.73 Å². The van der Waals surface area contributed by atoms with Crippen molar-refractivity contribution in [1.29, 1.82) is 0 Å². The topological polar surface area (TPSA) is 88.4 Å². The van der Waals surface area contributed by atoms with E-state index in [2.05, 4.69) is 4.98 Å². The van der Waals surface area contributed by atoms with E-state index in [1.54, 1.807) is 0 Å². The highest BCUT2D eigenvalue weighted by molar-refractivity contribution is 5.98. The maximum absolute atomic E-state index is 12.8. The summed E-state index contributed by atoms with van der Waals surface area (Å²) >= 11 is 0. The van der Waals surface area contributed by atoms with E-state index in [-0.39, 0.29) is 24.0 Å². The van der Waals surface area contributed by atoms with Crippen LogP contribution in [0, 0.1) is 5.41 Å². The van der Waals surface area contributed by atoms with Crippen LogP contribution in [0.4, 0.5) is 0 Å². The molecule has 2 fully saturated rings. The van der Waals surface area contributed by atoms with Gasteiger partial charge in [-0.3, -0.25) is 9.59 Å². The van der Waals surface area contributed by atoms with Crippen molar-refractivity contribution >= 4 is 22.7 Å². The smallest absolute Gasteiger partial charge is 0.270 e. The fraction of sp³-hybridized carbons (Fsp3) is 0.474. The first-order chi connectivity index (χ1) is 12.1. The molecule has 2 amide bonds. The van der Waals surface area contributed by atoms with Crippen molar-refractivity contribution < 1.29 is 14.3 Å². The molecule has 4 rings (SSSR count). The number of likely N-dealkylation sites (tertiary alicyclic amines) is 1. The van der Waals surface area contributed by atoms with Gasteiger partial charge >= 0.3 is 0 Å². The molecule has 0 radical (unpaired) electrons. The van der Waals surface area contributed by atoms with Gasteiger partial charge in [-0.05, 0) is 37.8 Å². The van der Waals surface area contributed by atoms with Gasteiger partial charge in [0.25, 0.3) is 5.91 Å². The second-order valence-corrected chi connectivity index (χ2v) is 7.23. The van der Waals surface area contributed by atoms with Crippen molar-refractivity contribution in [2.75, 3.05) is 19.7 Å². The second kappa shape index (κ2) is 6.19. The van der Waals surface area contributed by atoms with Crippen LogP contribution in [0.3, 0.4) is 0 Å². The van der Waals surface area contributed by atoms with E-state index in [1.807, 2.05) is 35.2 Å². The number of hydrogen-bond donors (Lipinski definition) is 2. The number of carbonyl (C=O) groups excluding carboxylic acids is 2. The lowest BCUT2D eigenvalue weighted by atomic mass is 9.60. The molecule has 2 heterocycles. The third-order valence-corrected chi connectivity index (χ3v) is 5.82. The van der Waals surface area contributed by atoms with Crippen molar-refractivity contribution in [2.24, 2.45) is 11.1 Å². The van der Waals surface area contributed by atoms with E-state index in [4.69, 9.17) is 10.5 Å². The molecule has 0 bridgehead atoms. The minimum absolute atomic E-state index is 0.00980. The number of para-hydroxylation sites is 1. The Morgan fingerprint density at radius 3 is 2.64 bits per heavy atom. The van der Waals surface area contributed by atoms with E-state index in [0.717, 1.165) is 49.7 Å². The summed E-state index contributed by atoms with van der Waals surface area (Å²) in [5, 5.41) is 1.05. The van der Waals surface area contributed by atoms with Crippen molar-refractivity contribution in [3.05, 3.63) is 36.0 Å². The van der Waals surface area contributed by atoms with Crippen LogP contribution in [-0.4, -0.2) is 47.5 Å². The predicted octanol–water partition coefficient (Wildman–Crippen LogP) is 2.05. The Bertz CT molecular complexity index is 772. The fourth-order valence-corrected chi connectivity index (χ4v) is 4.20. The van der Waals surface area contributed by atoms with Crippen LogP contribution in [0.2, 0.25) is 0 Å². The molecule has 2 aromatic rings. The first-order valence-corrected chi connectivity index (χ1v) is 8.84. The number of rotatable bonds is 4. The minimum atomic E-state index is -0.423. The summed E-state index contributed by atoms with van der Waals surface area (Å²) in [6.45, 7) is 1.44. The standard InChI is InChI=1S/C19H23N3O3/c20-17(23)12-25-16-5-6-19(16)7-9-22(10-8-19)18(24)15-11-13-3-1-2-4-14(13)21-15/h1-4,11,16,21H,5-10,12H2,(H2,20,23)/t16-/m0/s1. The summed E-state index contributed by atoms with van der Waals surface area (Å²) in [5.41, 5.74) is 6.92. The van der Waals surface area contributed by atoms with E-state index < -0.39 is 5.91 Å². The average Bonchev–Trinajstić information content (AvgIpc) is 3.04. The van der Waals surface area contributed by atoms with Gasteiger partial charge in [0.1, 0.15) is 12.3 Å². The molecule has 0 unspecified atom stereocenters. The number of nitrogens with one attached hydrogen (secondary N) is 1. The number of H-pyrrole nitrogens is 1. The number of amides is 2. The molecular formula is C19H23N3O3. The molecule has 6 heteroatoms. The Morgan fingerprint density at radius 2 is 2.00 bits per heavy atom. The number of aromatic amines is 1. The Labute approximate surface area is 146 Å². The molecule has 3 N–H and O–H groups in total. The van der Waals surface area contributed by atoms with Gasteiger partial charge in [0.05, 0.1) is 6.10 Å². The highest BCUT2D eigenvalue weighted by atomic mass is 16.5. The van der Waals surface area contributed by atoms with E-state index >= 15 is 0 Å². The normalized spacial score (nSPS) is 22.1. The molecule has 2 aliphatic rings. The molecule has 6 nitrogen and oxygen atoms in total. The second-order valence-electron chi connectivity index (χ2n) is 7.23. The number of fused-ring (bicyclic) bond motifs is 1. The van der Waals surface area contributed by atoms with Crippen molar-refractivity contribution in [3.63, 3.8) is 0 Å². The molecule has 1 aliphatic heterocycles. The Hall–Kier alpha value is -2.34. The number of nitrogens with two attached hydrogens (primary N) is 1. The van der Waals surface area contributed by atoms with Crippen LogP contribution in [0.5, 0.6) is 0 Å². The predicted molar refractivity (Wildman–Crippen MR) is 94.0 cm³/mol. The van der Waals surface area contributed by atoms with Gasteiger partial charge in [-0.2, -0.15) is 0 Å². The zero-order chi connectivity index (χ0) is 17.4. The number of hydrogen-bond acceptors (Lipinski definition) is 3. The highest BCUT2D eigenvalue weighted by Crippen LogP contribution is 2.50. The van der Waals surface area contributed by atoms with Crippen LogP contribution in [0.1, 0.15) is 36.2 Å². The van der Waals surface area contributed by atoms with Crippen LogP contribution in [-0.2, 0) is 9.53 Å². The Kier molecular flexibility index (Phi) is 4.00. The van der Waals surface area contributed by atoms with Crippen molar-refractivity contribution in [1.82, 2.24) is 9.88 Å². The molecule has 25 heavy (non-hydrogen) atoms. The highest BCUT2D eigenvalue weighted by Gasteiger charge is 2.49. The van der Waals surface area contributed by atoms with E-state index in [9.17, 15) is 9.59 Å². The van der Waals surface area contributed by atoms with E-state index in [1.165, 1.54) is 0 Å². The summed E-state index contributed by atoms with van der Waals surface area (Å²) in [5.74, 6) is -0.367.